The van der Waals surface area contributed by atoms with Crippen molar-refractivity contribution in [2.45, 2.75) is 24.0 Å². The summed E-state index contributed by atoms with van der Waals surface area (Å²) in [6, 6.07) is 0. The SMILES string of the molecule is CSC1(CNc2ncc(N)s2)CCC1. The Morgan fingerprint density at radius 3 is 2.93 bits per heavy atom. The van der Waals surface area contributed by atoms with Crippen molar-refractivity contribution >= 4 is 33.2 Å². The maximum atomic E-state index is 5.61. The molecule has 0 saturated heterocycles. The van der Waals surface area contributed by atoms with Gasteiger partial charge >= 0.3 is 0 Å². The number of nitrogens with zero attached hydrogens (tertiary/aromatic N) is 1. The lowest BCUT2D eigenvalue weighted by atomic mass is 9.84. The molecule has 1 aromatic heterocycles. The average molecular weight is 229 g/mol. The Labute approximate surface area is 92.5 Å². The molecular weight excluding hydrogens is 214 g/mol. The van der Waals surface area contributed by atoms with E-state index in [1.165, 1.54) is 30.6 Å². The molecule has 3 N–H and O–H groups in total. The number of anilines is 2. The Bertz CT molecular complexity index is 301. The predicted octanol–water partition coefficient (Wildman–Crippen LogP) is 2.42. The Morgan fingerprint density at radius 1 is 1.71 bits per heavy atom. The molecule has 78 valence electrons. The fourth-order valence-electron chi connectivity index (χ4n) is 1.63. The number of thioether (sulfide) groups is 1. The van der Waals surface area contributed by atoms with E-state index in [-0.39, 0.29) is 0 Å². The van der Waals surface area contributed by atoms with E-state index in [1.807, 2.05) is 11.8 Å². The number of nitrogens with one attached hydrogen (secondary N) is 1. The Kier molecular flexibility index (Phi) is 2.88. The molecule has 1 heterocycles. The Balaban J connectivity index is 1.87. The van der Waals surface area contributed by atoms with Crippen LogP contribution in [0.15, 0.2) is 6.20 Å². The van der Waals surface area contributed by atoms with Crippen LogP contribution in [-0.4, -0.2) is 22.5 Å². The summed E-state index contributed by atoms with van der Waals surface area (Å²) < 4.78 is 0.459. The van der Waals surface area contributed by atoms with Crippen LogP contribution in [0.5, 0.6) is 0 Å². The second-order valence-electron chi connectivity index (χ2n) is 3.66. The molecule has 0 amide bonds. The van der Waals surface area contributed by atoms with Crippen LogP contribution >= 0.6 is 23.1 Å². The van der Waals surface area contributed by atoms with Crippen LogP contribution in [0, 0.1) is 0 Å². The monoisotopic (exact) mass is 229 g/mol. The molecule has 1 aliphatic rings. The molecule has 0 aromatic carbocycles. The van der Waals surface area contributed by atoms with Gasteiger partial charge in [0.2, 0.25) is 0 Å². The first-order valence-electron chi connectivity index (χ1n) is 4.74. The van der Waals surface area contributed by atoms with Crippen LogP contribution < -0.4 is 11.1 Å². The number of nitrogen functional groups attached to an aromatic ring is 1. The third-order valence-corrected chi connectivity index (χ3v) is 4.99. The molecule has 3 nitrogen and oxygen atoms in total. The molecular formula is C9H15N3S2. The van der Waals surface area contributed by atoms with E-state index in [1.54, 1.807) is 6.20 Å². The maximum absolute atomic E-state index is 5.61. The highest BCUT2D eigenvalue weighted by molar-refractivity contribution is 8.00. The number of aromatic nitrogens is 1. The zero-order chi connectivity index (χ0) is 10.0. The van der Waals surface area contributed by atoms with Crippen molar-refractivity contribution in [3.63, 3.8) is 0 Å². The van der Waals surface area contributed by atoms with Crippen LogP contribution in [0.1, 0.15) is 19.3 Å². The lowest BCUT2D eigenvalue weighted by Crippen LogP contribution is -2.40. The summed E-state index contributed by atoms with van der Waals surface area (Å²) in [5, 5.41) is 5.09. The Morgan fingerprint density at radius 2 is 2.50 bits per heavy atom. The number of rotatable bonds is 4. The molecule has 0 radical (unpaired) electrons. The predicted molar refractivity (Wildman–Crippen MR) is 65.1 cm³/mol. The molecule has 1 aliphatic carbocycles. The van der Waals surface area contributed by atoms with E-state index in [4.69, 9.17) is 5.73 Å². The van der Waals surface area contributed by atoms with E-state index in [0.29, 0.717) is 4.75 Å². The zero-order valence-electron chi connectivity index (χ0n) is 8.25. The zero-order valence-corrected chi connectivity index (χ0v) is 9.88. The molecule has 1 saturated carbocycles. The molecule has 5 heteroatoms. The number of thiazole rings is 1. The fraction of sp³-hybridized carbons (Fsp3) is 0.667. The minimum Gasteiger partial charge on any atom is -0.389 e. The Hall–Kier alpha value is -0.420. The van der Waals surface area contributed by atoms with Gasteiger partial charge in [0.05, 0.1) is 6.20 Å². The summed E-state index contributed by atoms with van der Waals surface area (Å²) >= 11 is 3.49. The average Bonchev–Trinajstić information content (AvgIpc) is 2.50. The largest absolute Gasteiger partial charge is 0.389 e. The fourth-order valence-corrected chi connectivity index (χ4v) is 3.12. The highest BCUT2D eigenvalue weighted by Crippen LogP contribution is 2.42. The molecule has 0 aliphatic heterocycles. The number of nitrogens with two attached hydrogens (primary N) is 1. The van der Waals surface area contributed by atoms with Crippen molar-refractivity contribution < 1.29 is 0 Å². The third kappa shape index (κ3) is 1.98. The van der Waals surface area contributed by atoms with Gasteiger partial charge in [0, 0.05) is 11.3 Å². The quantitative estimate of drug-likeness (QED) is 0.832. The standard InChI is InChI=1S/C9H15N3S2/c1-13-9(3-2-4-9)6-12-8-11-5-7(10)14-8/h5H,2-4,6,10H2,1H3,(H,11,12). The van der Waals surface area contributed by atoms with E-state index >= 15 is 0 Å². The first kappa shape index (κ1) is 10.1. The summed E-state index contributed by atoms with van der Waals surface area (Å²) in [7, 11) is 0. The van der Waals surface area contributed by atoms with Crippen molar-refractivity contribution in [3.05, 3.63) is 6.20 Å². The molecule has 0 atom stereocenters. The smallest absolute Gasteiger partial charge is 0.184 e. The highest BCUT2D eigenvalue weighted by atomic mass is 32.2. The van der Waals surface area contributed by atoms with Crippen molar-refractivity contribution in [3.8, 4) is 0 Å². The first-order chi connectivity index (χ1) is 6.74. The summed E-state index contributed by atoms with van der Waals surface area (Å²) in [5.74, 6) is 0. The topological polar surface area (TPSA) is 50.9 Å². The van der Waals surface area contributed by atoms with Gasteiger partial charge in [0.1, 0.15) is 5.00 Å². The minimum absolute atomic E-state index is 0.459. The van der Waals surface area contributed by atoms with Gasteiger partial charge in [-0.15, -0.1) is 0 Å². The van der Waals surface area contributed by atoms with E-state index in [0.717, 1.165) is 16.7 Å². The van der Waals surface area contributed by atoms with Crippen molar-refractivity contribution in [2.24, 2.45) is 0 Å². The van der Waals surface area contributed by atoms with Crippen molar-refractivity contribution in [1.29, 1.82) is 0 Å². The van der Waals surface area contributed by atoms with Crippen LogP contribution in [0.3, 0.4) is 0 Å². The number of hydrogen-bond donors (Lipinski definition) is 2. The second-order valence-corrected chi connectivity index (χ2v) is 6.00. The van der Waals surface area contributed by atoms with Gasteiger partial charge in [-0.1, -0.05) is 17.8 Å². The van der Waals surface area contributed by atoms with Crippen molar-refractivity contribution in [2.75, 3.05) is 23.9 Å². The molecule has 1 fully saturated rings. The van der Waals surface area contributed by atoms with E-state index < -0.39 is 0 Å². The van der Waals surface area contributed by atoms with Gasteiger partial charge in [-0.3, -0.25) is 0 Å². The van der Waals surface area contributed by atoms with Gasteiger partial charge in [0.15, 0.2) is 5.13 Å². The van der Waals surface area contributed by atoms with Gasteiger partial charge in [-0.25, -0.2) is 4.98 Å². The van der Waals surface area contributed by atoms with Gasteiger partial charge in [-0.2, -0.15) is 11.8 Å². The van der Waals surface area contributed by atoms with Crippen LogP contribution in [0.25, 0.3) is 0 Å². The lowest BCUT2D eigenvalue weighted by Gasteiger charge is -2.40. The first-order valence-corrected chi connectivity index (χ1v) is 6.79. The number of hydrogen-bond acceptors (Lipinski definition) is 5. The second kappa shape index (κ2) is 3.98. The van der Waals surface area contributed by atoms with Gasteiger partial charge in [-0.05, 0) is 19.1 Å². The maximum Gasteiger partial charge on any atom is 0.184 e. The molecule has 14 heavy (non-hydrogen) atoms. The molecule has 0 unspecified atom stereocenters. The lowest BCUT2D eigenvalue weighted by molar-refractivity contribution is 0.380. The summed E-state index contributed by atoms with van der Waals surface area (Å²) in [5.41, 5.74) is 5.61. The molecule has 0 bridgehead atoms. The molecule has 1 aromatic rings. The highest BCUT2D eigenvalue weighted by Gasteiger charge is 2.35. The van der Waals surface area contributed by atoms with E-state index in [2.05, 4.69) is 16.6 Å². The van der Waals surface area contributed by atoms with Crippen LogP contribution in [0.4, 0.5) is 10.1 Å². The van der Waals surface area contributed by atoms with Gasteiger partial charge < -0.3 is 11.1 Å². The summed E-state index contributed by atoms with van der Waals surface area (Å²) in [6.07, 6.45) is 7.91. The summed E-state index contributed by atoms with van der Waals surface area (Å²) in [4.78, 5) is 4.18. The third-order valence-electron chi connectivity index (χ3n) is 2.78. The molecule has 0 spiro atoms. The molecule has 2 rings (SSSR count). The van der Waals surface area contributed by atoms with Crippen LogP contribution in [0.2, 0.25) is 0 Å². The summed E-state index contributed by atoms with van der Waals surface area (Å²) in [6.45, 7) is 1.01. The van der Waals surface area contributed by atoms with Crippen LogP contribution in [-0.2, 0) is 0 Å². The van der Waals surface area contributed by atoms with Crippen molar-refractivity contribution in [1.82, 2.24) is 4.98 Å². The van der Waals surface area contributed by atoms with Gasteiger partial charge in [0.25, 0.3) is 0 Å². The normalized spacial score (nSPS) is 18.9. The minimum atomic E-state index is 0.459. The van der Waals surface area contributed by atoms with E-state index in [9.17, 15) is 0 Å².